The fourth-order valence-electron chi connectivity index (χ4n) is 1.26. The Morgan fingerprint density at radius 1 is 1.40 bits per heavy atom. The van der Waals surface area contributed by atoms with Crippen LogP contribution >= 0.6 is 15.9 Å². The second-order valence-electron chi connectivity index (χ2n) is 2.89. The summed E-state index contributed by atoms with van der Waals surface area (Å²) in [5.41, 5.74) is 7.10. The lowest BCUT2D eigenvalue weighted by atomic mass is 10.2. The first-order valence-corrected chi connectivity index (χ1v) is 5.00. The number of rotatable bonds is 2. The first kappa shape index (κ1) is 9.97. The third kappa shape index (κ3) is 1.94. The smallest absolute Gasteiger partial charge is 0.222 e. The Hall–Kier alpha value is -1.56. The average Bonchev–Trinajstić information content (AvgIpc) is 2.65. The van der Waals surface area contributed by atoms with E-state index in [1.165, 1.54) is 0 Å². The molecule has 0 aliphatic heterocycles. The van der Waals surface area contributed by atoms with Crippen LogP contribution in [0.4, 0.5) is 5.95 Å². The number of nitrogen functional groups attached to an aromatic ring is 1. The highest BCUT2D eigenvalue weighted by molar-refractivity contribution is 9.10. The maximum Gasteiger partial charge on any atom is 0.222 e. The van der Waals surface area contributed by atoms with E-state index in [-0.39, 0.29) is 0 Å². The van der Waals surface area contributed by atoms with Crippen molar-refractivity contribution < 1.29 is 4.74 Å². The summed E-state index contributed by atoms with van der Waals surface area (Å²) in [6.45, 7) is 0. The summed E-state index contributed by atoms with van der Waals surface area (Å²) in [5, 5.41) is 0. The maximum absolute atomic E-state index is 5.51. The Bertz CT molecular complexity index is 483. The molecule has 2 heterocycles. The number of methoxy groups -OCH3 is 1. The molecule has 0 amide bonds. The van der Waals surface area contributed by atoms with Gasteiger partial charge >= 0.3 is 0 Å². The van der Waals surface area contributed by atoms with E-state index in [9.17, 15) is 0 Å². The number of nitrogens with zero attached hydrogens (tertiary/aromatic N) is 2. The molecular formula is C9H9BrN4O. The van der Waals surface area contributed by atoms with Crippen LogP contribution in [0.3, 0.4) is 0 Å². The van der Waals surface area contributed by atoms with Crippen LogP contribution < -0.4 is 10.5 Å². The number of pyridine rings is 1. The molecule has 0 aliphatic carbocycles. The molecule has 2 aromatic heterocycles. The van der Waals surface area contributed by atoms with Crippen molar-refractivity contribution in [3.8, 4) is 17.1 Å². The summed E-state index contributed by atoms with van der Waals surface area (Å²) < 4.78 is 6.01. The van der Waals surface area contributed by atoms with Gasteiger partial charge in [-0.05, 0) is 22.0 Å². The number of imidazole rings is 1. The van der Waals surface area contributed by atoms with Gasteiger partial charge in [0.2, 0.25) is 5.88 Å². The quantitative estimate of drug-likeness (QED) is 0.871. The van der Waals surface area contributed by atoms with Crippen molar-refractivity contribution in [1.29, 1.82) is 0 Å². The zero-order valence-electron chi connectivity index (χ0n) is 7.99. The molecule has 2 aromatic rings. The Morgan fingerprint density at radius 2 is 2.20 bits per heavy atom. The minimum atomic E-state index is 0.368. The van der Waals surface area contributed by atoms with Crippen molar-refractivity contribution in [2.45, 2.75) is 0 Å². The van der Waals surface area contributed by atoms with E-state index in [0.717, 1.165) is 15.7 Å². The largest absolute Gasteiger partial charge is 0.481 e. The van der Waals surface area contributed by atoms with Crippen molar-refractivity contribution >= 4 is 21.9 Å². The number of nitrogens with one attached hydrogen (secondary N) is 1. The molecule has 0 aliphatic rings. The third-order valence-electron chi connectivity index (χ3n) is 1.90. The summed E-state index contributed by atoms with van der Waals surface area (Å²) in [7, 11) is 1.57. The van der Waals surface area contributed by atoms with Crippen molar-refractivity contribution in [3.63, 3.8) is 0 Å². The van der Waals surface area contributed by atoms with E-state index in [1.807, 2.05) is 6.07 Å². The average molecular weight is 269 g/mol. The highest BCUT2D eigenvalue weighted by Crippen LogP contribution is 2.29. The molecule has 0 aromatic carbocycles. The topological polar surface area (TPSA) is 76.8 Å². The van der Waals surface area contributed by atoms with Gasteiger partial charge in [-0.15, -0.1) is 0 Å². The van der Waals surface area contributed by atoms with Crippen molar-refractivity contribution in [2.75, 3.05) is 12.8 Å². The second-order valence-corrected chi connectivity index (χ2v) is 3.81. The molecule has 0 radical (unpaired) electrons. The minimum Gasteiger partial charge on any atom is -0.481 e. The Kier molecular flexibility index (Phi) is 2.59. The summed E-state index contributed by atoms with van der Waals surface area (Å²) in [4.78, 5) is 11.0. The molecule has 15 heavy (non-hydrogen) atoms. The molecule has 0 unspecified atom stereocenters. The van der Waals surface area contributed by atoms with Crippen LogP contribution in [-0.4, -0.2) is 22.1 Å². The normalized spacial score (nSPS) is 10.3. The number of aromatic nitrogens is 3. The molecule has 0 fully saturated rings. The van der Waals surface area contributed by atoms with Crippen LogP contribution in [0.15, 0.2) is 22.9 Å². The minimum absolute atomic E-state index is 0.368. The first-order chi connectivity index (χ1) is 7.20. The third-order valence-corrected chi connectivity index (χ3v) is 2.33. The fourth-order valence-corrected chi connectivity index (χ4v) is 1.59. The van der Waals surface area contributed by atoms with Crippen LogP contribution in [0, 0.1) is 0 Å². The standard InChI is InChI=1S/C9H9BrN4O/c1-15-8-6(2-5(10)3-12-8)7-4-13-9(11)14-7/h2-4H,1H3,(H3,11,13,14). The number of halogens is 1. The summed E-state index contributed by atoms with van der Waals surface area (Å²) in [6, 6.07) is 1.89. The van der Waals surface area contributed by atoms with Gasteiger partial charge in [0.25, 0.3) is 0 Å². The van der Waals surface area contributed by atoms with Crippen LogP contribution in [-0.2, 0) is 0 Å². The van der Waals surface area contributed by atoms with Gasteiger partial charge < -0.3 is 15.5 Å². The van der Waals surface area contributed by atoms with E-state index in [4.69, 9.17) is 10.5 Å². The summed E-state index contributed by atoms with van der Waals surface area (Å²) in [6.07, 6.45) is 3.31. The number of hydrogen-bond acceptors (Lipinski definition) is 4. The van der Waals surface area contributed by atoms with Crippen LogP contribution in [0.2, 0.25) is 0 Å². The Labute approximate surface area is 94.8 Å². The second kappa shape index (κ2) is 3.90. The Balaban J connectivity index is 2.55. The molecule has 6 heteroatoms. The van der Waals surface area contributed by atoms with Crippen molar-refractivity contribution in [1.82, 2.24) is 15.0 Å². The van der Waals surface area contributed by atoms with E-state index >= 15 is 0 Å². The molecule has 78 valence electrons. The Morgan fingerprint density at radius 3 is 2.80 bits per heavy atom. The first-order valence-electron chi connectivity index (χ1n) is 4.21. The molecule has 0 atom stereocenters. The molecule has 0 bridgehead atoms. The molecular weight excluding hydrogens is 260 g/mol. The zero-order chi connectivity index (χ0) is 10.8. The highest BCUT2D eigenvalue weighted by Gasteiger charge is 2.09. The number of hydrogen-bond donors (Lipinski definition) is 2. The monoisotopic (exact) mass is 268 g/mol. The molecule has 0 saturated heterocycles. The molecule has 5 nitrogen and oxygen atoms in total. The predicted molar refractivity (Wildman–Crippen MR) is 60.5 cm³/mol. The van der Waals surface area contributed by atoms with Gasteiger partial charge in [-0.3, -0.25) is 0 Å². The van der Waals surface area contributed by atoms with Gasteiger partial charge in [0.15, 0.2) is 5.95 Å². The van der Waals surface area contributed by atoms with E-state index in [1.54, 1.807) is 19.5 Å². The number of nitrogens with two attached hydrogens (primary N) is 1. The van der Waals surface area contributed by atoms with Gasteiger partial charge in [0.05, 0.1) is 24.6 Å². The van der Waals surface area contributed by atoms with Crippen LogP contribution in [0.5, 0.6) is 5.88 Å². The number of anilines is 1. The van der Waals surface area contributed by atoms with Gasteiger partial charge in [-0.2, -0.15) is 0 Å². The van der Waals surface area contributed by atoms with Gasteiger partial charge in [-0.1, -0.05) is 0 Å². The lowest BCUT2D eigenvalue weighted by Crippen LogP contribution is -1.92. The molecule has 0 saturated carbocycles. The number of H-pyrrole nitrogens is 1. The SMILES string of the molecule is COc1ncc(Br)cc1-c1cnc(N)[nH]1. The highest BCUT2D eigenvalue weighted by atomic mass is 79.9. The van der Waals surface area contributed by atoms with Crippen LogP contribution in [0.1, 0.15) is 0 Å². The fraction of sp³-hybridized carbons (Fsp3) is 0.111. The lowest BCUT2D eigenvalue weighted by molar-refractivity contribution is 0.399. The van der Waals surface area contributed by atoms with Crippen molar-refractivity contribution in [2.24, 2.45) is 0 Å². The van der Waals surface area contributed by atoms with E-state index < -0.39 is 0 Å². The zero-order valence-corrected chi connectivity index (χ0v) is 9.58. The van der Waals surface area contributed by atoms with E-state index in [0.29, 0.717) is 11.8 Å². The van der Waals surface area contributed by atoms with Gasteiger partial charge in [-0.25, -0.2) is 9.97 Å². The van der Waals surface area contributed by atoms with E-state index in [2.05, 4.69) is 30.9 Å². The van der Waals surface area contributed by atoms with Crippen LogP contribution in [0.25, 0.3) is 11.3 Å². The number of aromatic amines is 1. The van der Waals surface area contributed by atoms with Gasteiger partial charge in [0, 0.05) is 10.7 Å². The maximum atomic E-state index is 5.51. The van der Waals surface area contributed by atoms with Crippen molar-refractivity contribution in [3.05, 3.63) is 22.9 Å². The van der Waals surface area contributed by atoms with Gasteiger partial charge in [0.1, 0.15) is 0 Å². The molecule has 2 rings (SSSR count). The molecule has 0 spiro atoms. The number of ether oxygens (including phenoxy) is 1. The summed E-state index contributed by atoms with van der Waals surface area (Å²) in [5.74, 6) is 0.897. The molecule has 3 N–H and O–H groups in total. The lowest BCUT2D eigenvalue weighted by Gasteiger charge is -2.05. The summed E-state index contributed by atoms with van der Waals surface area (Å²) >= 11 is 3.35. The predicted octanol–water partition coefficient (Wildman–Crippen LogP) is 1.82.